The van der Waals surface area contributed by atoms with E-state index in [1.165, 1.54) is 0 Å². The predicted octanol–water partition coefficient (Wildman–Crippen LogP) is 2.57. The highest BCUT2D eigenvalue weighted by Crippen LogP contribution is 2.22. The van der Waals surface area contributed by atoms with Crippen molar-refractivity contribution in [2.45, 2.75) is 45.6 Å². The van der Waals surface area contributed by atoms with Crippen LogP contribution >= 0.6 is 0 Å². The van der Waals surface area contributed by atoms with Gasteiger partial charge < -0.3 is 14.7 Å². The Morgan fingerprint density at radius 1 is 1.33 bits per heavy atom. The van der Waals surface area contributed by atoms with Crippen LogP contribution in [0.25, 0.3) is 0 Å². The molecule has 0 bridgehead atoms. The summed E-state index contributed by atoms with van der Waals surface area (Å²) in [7, 11) is 0. The van der Waals surface area contributed by atoms with E-state index in [0.29, 0.717) is 5.92 Å². The summed E-state index contributed by atoms with van der Waals surface area (Å²) >= 11 is 0. The van der Waals surface area contributed by atoms with Crippen LogP contribution in [0, 0.1) is 5.92 Å². The van der Waals surface area contributed by atoms with Gasteiger partial charge in [0.15, 0.2) is 0 Å². The maximum atomic E-state index is 11.8. The summed E-state index contributed by atoms with van der Waals surface area (Å²) in [5, 5.41) is 8.66. The lowest BCUT2D eigenvalue weighted by molar-refractivity contribution is 0.0185. The number of nitrogens with zero attached hydrogens (tertiary/aromatic N) is 1. The van der Waals surface area contributed by atoms with Gasteiger partial charge in [-0.15, -0.1) is 0 Å². The SMILES string of the molecule is CC(C)(C)OC(=O)N1CCC(C/C=C/CO)CC1. The van der Waals surface area contributed by atoms with Crippen LogP contribution in [-0.4, -0.2) is 41.4 Å². The van der Waals surface area contributed by atoms with Crippen LogP contribution in [0.4, 0.5) is 4.79 Å². The van der Waals surface area contributed by atoms with E-state index < -0.39 is 5.60 Å². The molecule has 104 valence electrons. The largest absolute Gasteiger partial charge is 0.444 e. The predicted molar refractivity (Wildman–Crippen MR) is 71.4 cm³/mol. The van der Waals surface area contributed by atoms with Crippen LogP contribution in [0.1, 0.15) is 40.0 Å². The van der Waals surface area contributed by atoms with Gasteiger partial charge in [-0.3, -0.25) is 0 Å². The van der Waals surface area contributed by atoms with Crippen LogP contribution in [0.5, 0.6) is 0 Å². The topological polar surface area (TPSA) is 49.8 Å². The molecule has 0 atom stereocenters. The Morgan fingerprint density at radius 2 is 1.94 bits per heavy atom. The van der Waals surface area contributed by atoms with E-state index >= 15 is 0 Å². The van der Waals surface area contributed by atoms with Crippen LogP contribution in [0.3, 0.4) is 0 Å². The molecule has 1 saturated heterocycles. The number of hydrogen-bond acceptors (Lipinski definition) is 3. The number of ether oxygens (including phenoxy) is 1. The minimum absolute atomic E-state index is 0.108. The molecule has 0 radical (unpaired) electrons. The zero-order valence-corrected chi connectivity index (χ0v) is 11.7. The lowest BCUT2D eigenvalue weighted by atomic mass is 9.93. The molecule has 0 aromatic carbocycles. The highest BCUT2D eigenvalue weighted by molar-refractivity contribution is 5.68. The summed E-state index contributed by atoms with van der Waals surface area (Å²) < 4.78 is 5.35. The molecule has 1 aliphatic heterocycles. The fourth-order valence-electron chi connectivity index (χ4n) is 2.04. The molecule has 18 heavy (non-hydrogen) atoms. The third-order valence-electron chi connectivity index (χ3n) is 3.01. The third-order valence-corrected chi connectivity index (χ3v) is 3.01. The minimum Gasteiger partial charge on any atom is -0.444 e. The van der Waals surface area contributed by atoms with Crippen molar-refractivity contribution in [3.63, 3.8) is 0 Å². The van der Waals surface area contributed by atoms with Gasteiger partial charge in [-0.05, 0) is 46.0 Å². The number of rotatable bonds is 3. The molecule has 0 unspecified atom stereocenters. The molecule has 0 spiro atoms. The molecule has 1 aliphatic rings. The average molecular weight is 255 g/mol. The van der Waals surface area contributed by atoms with Crippen molar-refractivity contribution in [3.8, 4) is 0 Å². The number of allylic oxidation sites excluding steroid dienone is 1. The number of likely N-dealkylation sites (tertiary alicyclic amines) is 1. The van der Waals surface area contributed by atoms with Crippen LogP contribution < -0.4 is 0 Å². The second-order valence-corrected chi connectivity index (χ2v) is 5.80. The van der Waals surface area contributed by atoms with E-state index in [0.717, 1.165) is 32.4 Å². The summed E-state index contributed by atoms with van der Waals surface area (Å²) in [6.45, 7) is 7.31. The van der Waals surface area contributed by atoms with Crippen molar-refractivity contribution in [2.75, 3.05) is 19.7 Å². The van der Waals surface area contributed by atoms with Crippen molar-refractivity contribution in [3.05, 3.63) is 12.2 Å². The molecule has 1 heterocycles. The van der Waals surface area contributed by atoms with Crippen LogP contribution in [0.2, 0.25) is 0 Å². The normalized spacial score (nSPS) is 18.3. The van der Waals surface area contributed by atoms with Crippen molar-refractivity contribution in [1.82, 2.24) is 4.90 Å². The first-order valence-corrected chi connectivity index (χ1v) is 6.66. The molecule has 1 N–H and O–H groups in total. The standard InChI is InChI=1S/C14H25NO3/c1-14(2,3)18-13(17)15-9-7-12(8-10-15)6-4-5-11-16/h4-5,12,16H,6-11H2,1-3H3/b5-4+. The first-order chi connectivity index (χ1) is 8.42. The molecule has 0 saturated carbocycles. The van der Waals surface area contributed by atoms with Gasteiger partial charge in [0.2, 0.25) is 0 Å². The Morgan fingerprint density at radius 3 is 2.44 bits per heavy atom. The first-order valence-electron chi connectivity index (χ1n) is 6.66. The van der Waals surface area contributed by atoms with Gasteiger partial charge >= 0.3 is 6.09 Å². The van der Waals surface area contributed by atoms with Gasteiger partial charge in [-0.25, -0.2) is 4.79 Å². The molecule has 0 aromatic heterocycles. The van der Waals surface area contributed by atoms with E-state index in [4.69, 9.17) is 9.84 Å². The fraction of sp³-hybridized carbons (Fsp3) is 0.786. The second-order valence-electron chi connectivity index (χ2n) is 5.80. The summed E-state index contributed by atoms with van der Waals surface area (Å²) in [6.07, 6.45) is 6.60. The van der Waals surface area contributed by atoms with Crippen molar-refractivity contribution in [1.29, 1.82) is 0 Å². The third kappa shape index (κ3) is 5.54. The quantitative estimate of drug-likeness (QED) is 0.789. The molecule has 1 fully saturated rings. The Balaban J connectivity index is 2.30. The Bertz CT molecular complexity index is 286. The van der Waals surface area contributed by atoms with Crippen molar-refractivity contribution in [2.24, 2.45) is 5.92 Å². The Kier molecular flexibility index (Phi) is 5.66. The number of aliphatic hydroxyl groups excluding tert-OH is 1. The van der Waals surface area contributed by atoms with Gasteiger partial charge in [-0.2, -0.15) is 0 Å². The van der Waals surface area contributed by atoms with E-state index in [2.05, 4.69) is 0 Å². The molecule has 4 nitrogen and oxygen atoms in total. The lowest BCUT2D eigenvalue weighted by Crippen LogP contribution is -2.41. The van der Waals surface area contributed by atoms with E-state index in [1.807, 2.05) is 26.8 Å². The number of aliphatic hydroxyl groups is 1. The van der Waals surface area contributed by atoms with Crippen molar-refractivity contribution < 1.29 is 14.6 Å². The van der Waals surface area contributed by atoms with Crippen molar-refractivity contribution >= 4 is 6.09 Å². The maximum Gasteiger partial charge on any atom is 0.410 e. The van der Waals surface area contributed by atoms with Crippen LogP contribution in [-0.2, 0) is 4.74 Å². The van der Waals surface area contributed by atoms with E-state index in [1.54, 1.807) is 11.0 Å². The molecular formula is C14H25NO3. The zero-order valence-electron chi connectivity index (χ0n) is 11.7. The fourth-order valence-corrected chi connectivity index (χ4v) is 2.04. The molecule has 0 aliphatic carbocycles. The molecular weight excluding hydrogens is 230 g/mol. The number of amides is 1. The molecule has 4 heteroatoms. The summed E-state index contributed by atoms with van der Waals surface area (Å²) in [4.78, 5) is 13.6. The molecule has 1 rings (SSSR count). The number of carbonyl (C=O) groups is 1. The van der Waals surface area contributed by atoms with E-state index in [9.17, 15) is 4.79 Å². The highest BCUT2D eigenvalue weighted by Gasteiger charge is 2.26. The van der Waals surface area contributed by atoms with Crippen LogP contribution in [0.15, 0.2) is 12.2 Å². The van der Waals surface area contributed by atoms with E-state index in [-0.39, 0.29) is 12.7 Å². The molecule has 0 aromatic rings. The minimum atomic E-state index is -0.419. The Hall–Kier alpha value is -1.03. The van der Waals surface area contributed by atoms with Gasteiger partial charge in [0.25, 0.3) is 0 Å². The molecule has 1 amide bonds. The monoisotopic (exact) mass is 255 g/mol. The lowest BCUT2D eigenvalue weighted by Gasteiger charge is -2.33. The zero-order chi connectivity index (χ0) is 13.6. The summed E-state index contributed by atoms with van der Waals surface area (Å²) in [5.41, 5.74) is -0.419. The summed E-state index contributed by atoms with van der Waals surface area (Å²) in [6, 6.07) is 0. The number of carbonyl (C=O) groups excluding carboxylic acids is 1. The second kappa shape index (κ2) is 6.78. The Labute approximate surface area is 110 Å². The maximum absolute atomic E-state index is 11.8. The van der Waals surface area contributed by atoms with Gasteiger partial charge in [0.05, 0.1) is 6.61 Å². The first kappa shape index (κ1) is 15.0. The smallest absolute Gasteiger partial charge is 0.410 e. The van der Waals surface area contributed by atoms with Gasteiger partial charge in [0, 0.05) is 13.1 Å². The summed E-state index contributed by atoms with van der Waals surface area (Å²) in [5.74, 6) is 0.617. The highest BCUT2D eigenvalue weighted by atomic mass is 16.6. The number of piperidine rings is 1. The van der Waals surface area contributed by atoms with Gasteiger partial charge in [0.1, 0.15) is 5.60 Å². The average Bonchev–Trinajstić information content (AvgIpc) is 2.28. The number of hydrogen-bond donors (Lipinski definition) is 1. The van der Waals surface area contributed by atoms with Gasteiger partial charge in [-0.1, -0.05) is 12.2 Å².